The van der Waals surface area contributed by atoms with Gasteiger partial charge in [-0.2, -0.15) is 0 Å². The van der Waals surface area contributed by atoms with Gasteiger partial charge in [0.2, 0.25) is 0 Å². The van der Waals surface area contributed by atoms with Gasteiger partial charge < -0.3 is 9.47 Å². The van der Waals surface area contributed by atoms with Gasteiger partial charge in [-0.15, -0.1) is 0 Å². The smallest absolute Gasteiger partial charge is 0.316 e. The first-order valence-corrected chi connectivity index (χ1v) is 8.02. The van der Waals surface area contributed by atoms with E-state index in [4.69, 9.17) is 9.47 Å². The molecule has 4 nitrogen and oxygen atoms in total. The summed E-state index contributed by atoms with van der Waals surface area (Å²) in [6, 6.07) is 10.0. The topological polar surface area (TPSA) is 52.6 Å². The summed E-state index contributed by atoms with van der Waals surface area (Å²) in [6.07, 6.45) is 3.20. The Labute approximate surface area is 140 Å². The lowest BCUT2D eigenvalue weighted by Gasteiger charge is -2.35. The van der Waals surface area contributed by atoms with Crippen LogP contribution >= 0.6 is 0 Å². The molecule has 2 aliphatic rings. The second-order valence-corrected chi connectivity index (χ2v) is 6.45. The molecular formula is C20H18O4. The minimum atomic E-state index is -0.807. The van der Waals surface area contributed by atoms with Crippen molar-refractivity contribution in [3.63, 3.8) is 0 Å². The van der Waals surface area contributed by atoms with Crippen LogP contribution in [0.3, 0.4) is 0 Å². The Hall–Kier alpha value is -2.62. The van der Waals surface area contributed by atoms with E-state index in [2.05, 4.69) is 6.07 Å². The molecule has 0 saturated heterocycles. The summed E-state index contributed by atoms with van der Waals surface area (Å²) in [6.45, 7) is 0. The lowest BCUT2D eigenvalue weighted by Crippen LogP contribution is -2.35. The molecule has 0 spiro atoms. The number of methoxy groups -OCH3 is 2. The Morgan fingerprint density at radius 3 is 2.75 bits per heavy atom. The zero-order valence-corrected chi connectivity index (χ0v) is 13.7. The number of carbonyl (C=O) groups excluding carboxylic acids is 2. The predicted octanol–water partition coefficient (Wildman–Crippen LogP) is 3.31. The summed E-state index contributed by atoms with van der Waals surface area (Å²) in [7, 11) is 3.04. The van der Waals surface area contributed by atoms with E-state index in [1.807, 2.05) is 24.3 Å². The third-order valence-corrected chi connectivity index (χ3v) is 5.30. The van der Waals surface area contributed by atoms with Crippen LogP contribution in [0.2, 0.25) is 0 Å². The number of rotatable bonds is 2. The number of aryl methyl sites for hydroxylation is 1. The third-order valence-electron chi connectivity index (χ3n) is 5.30. The lowest BCUT2D eigenvalue weighted by atomic mass is 9.68. The molecule has 0 radical (unpaired) electrons. The van der Waals surface area contributed by atoms with Crippen LogP contribution < -0.4 is 4.74 Å². The summed E-state index contributed by atoms with van der Waals surface area (Å²) in [5.41, 5.74) is 2.20. The van der Waals surface area contributed by atoms with Crippen LogP contribution in [0.15, 0.2) is 36.4 Å². The van der Waals surface area contributed by atoms with Crippen molar-refractivity contribution < 1.29 is 19.1 Å². The lowest BCUT2D eigenvalue weighted by molar-refractivity contribution is -0.150. The molecule has 2 aromatic carbocycles. The Bertz CT molecular complexity index is 909. The van der Waals surface area contributed by atoms with Gasteiger partial charge >= 0.3 is 5.97 Å². The molecule has 122 valence electrons. The van der Waals surface area contributed by atoms with E-state index in [0.29, 0.717) is 6.42 Å². The fraction of sp³-hybridized carbons (Fsp3) is 0.300. The molecule has 0 aromatic heterocycles. The fourth-order valence-electron chi connectivity index (χ4n) is 4.14. The van der Waals surface area contributed by atoms with Crippen LogP contribution in [0.25, 0.3) is 16.3 Å². The largest absolute Gasteiger partial charge is 0.497 e. The molecule has 0 amide bonds. The maximum absolute atomic E-state index is 12.4. The molecule has 0 bridgehead atoms. The van der Waals surface area contributed by atoms with Crippen LogP contribution in [0.5, 0.6) is 5.75 Å². The number of fused-ring (bicyclic) bond motifs is 5. The van der Waals surface area contributed by atoms with Crippen LogP contribution in [0.1, 0.15) is 24.0 Å². The number of allylic oxidation sites excluding steroid dienone is 1. The molecule has 2 aliphatic carbocycles. The van der Waals surface area contributed by atoms with E-state index < -0.39 is 5.41 Å². The predicted molar refractivity (Wildman–Crippen MR) is 90.9 cm³/mol. The standard InChI is InChI=1S/C20H18O4/c1-23-14-4-6-15-12(9-14)3-5-17-16(15)7-8-20(19(22)24-2)11-13(21)10-18(17)20/h3-6,9-10H,7-8,11H2,1-2H3/t20-/m0/s1. The minimum absolute atomic E-state index is 0.00178. The maximum Gasteiger partial charge on any atom is 0.316 e. The van der Waals surface area contributed by atoms with Gasteiger partial charge in [0.15, 0.2) is 5.78 Å². The van der Waals surface area contributed by atoms with E-state index in [1.165, 1.54) is 12.7 Å². The molecule has 0 N–H and O–H groups in total. The molecule has 0 unspecified atom stereocenters. The number of carbonyl (C=O) groups is 2. The van der Waals surface area contributed by atoms with Gasteiger partial charge in [0, 0.05) is 6.42 Å². The van der Waals surface area contributed by atoms with Gasteiger partial charge in [0.25, 0.3) is 0 Å². The zero-order chi connectivity index (χ0) is 16.9. The van der Waals surface area contributed by atoms with E-state index >= 15 is 0 Å². The Morgan fingerprint density at radius 1 is 1.17 bits per heavy atom. The average molecular weight is 322 g/mol. The number of hydrogen-bond donors (Lipinski definition) is 0. The first-order valence-electron chi connectivity index (χ1n) is 8.02. The first kappa shape index (κ1) is 14.9. The van der Waals surface area contributed by atoms with Crippen LogP contribution in [-0.2, 0) is 20.7 Å². The minimum Gasteiger partial charge on any atom is -0.497 e. The van der Waals surface area contributed by atoms with Gasteiger partial charge in [0.1, 0.15) is 11.2 Å². The molecule has 4 rings (SSSR count). The highest BCUT2D eigenvalue weighted by atomic mass is 16.5. The van der Waals surface area contributed by atoms with E-state index in [-0.39, 0.29) is 18.2 Å². The summed E-state index contributed by atoms with van der Waals surface area (Å²) < 4.78 is 10.3. The highest BCUT2D eigenvalue weighted by molar-refractivity contribution is 6.13. The SMILES string of the molecule is COC(=O)[C@]12CCc3c(ccc4cc(OC)ccc34)C1=CC(=O)C2. The van der Waals surface area contributed by atoms with Gasteiger partial charge in [-0.1, -0.05) is 18.2 Å². The monoisotopic (exact) mass is 322 g/mol. The number of hydrogen-bond acceptors (Lipinski definition) is 4. The summed E-state index contributed by atoms with van der Waals surface area (Å²) in [5, 5.41) is 2.25. The quantitative estimate of drug-likeness (QED) is 0.796. The molecule has 24 heavy (non-hydrogen) atoms. The van der Waals surface area contributed by atoms with Crippen molar-refractivity contribution >= 4 is 28.1 Å². The van der Waals surface area contributed by atoms with Crippen molar-refractivity contribution in [1.82, 2.24) is 0 Å². The highest BCUT2D eigenvalue weighted by Gasteiger charge is 2.51. The molecule has 0 saturated carbocycles. The van der Waals surface area contributed by atoms with Gasteiger partial charge in [-0.3, -0.25) is 9.59 Å². The van der Waals surface area contributed by atoms with E-state index in [0.717, 1.165) is 34.1 Å². The Morgan fingerprint density at radius 2 is 2.00 bits per heavy atom. The van der Waals surface area contributed by atoms with E-state index in [9.17, 15) is 9.59 Å². The molecule has 0 heterocycles. The van der Waals surface area contributed by atoms with Crippen molar-refractivity contribution in [1.29, 1.82) is 0 Å². The molecule has 0 aliphatic heterocycles. The number of esters is 1. The number of benzene rings is 2. The van der Waals surface area contributed by atoms with Gasteiger partial charge in [-0.05, 0) is 58.5 Å². The molecule has 0 fully saturated rings. The first-order chi connectivity index (χ1) is 11.6. The molecule has 1 atom stereocenters. The summed E-state index contributed by atoms with van der Waals surface area (Å²) in [4.78, 5) is 24.5. The second-order valence-electron chi connectivity index (χ2n) is 6.45. The third kappa shape index (κ3) is 1.92. The second kappa shape index (κ2) is 5.20. The van der Waals surface area contributed by atoms with Gasteiger partial charge in [-0.25, -0.2) is 0 Å². The van der Waals surface area contributed by atoms with Crippen LogP contribution in [-0.4, -0.2) is 26.0 Å². The Balaban J connectivity index is 1.93. The van der Waals surface area contributed by atoms with Crippen LogP contribution in [0, 0.1) is 5.41 Å². The van der Waals surface area contributed by atoms with Crippen molar-refractivity contribution in [3.05, 3.63) is 47.5 Å². The molecule has 2 aromatic rings. The zero-order valence-electron chi connectivity index (χ0n) is 13.7. The highest BCUT2D eigenvalue weighted by Crippen LogP contribution is 2.53. The maximum atomic E-state index is 12.4. The number of ether oxygens (including phenoxy) is 2. The summed E-state index contributed by atoms with van der Waals surface area (Å²) in [5.74, 6) is 0.510. The normalized spacial score (nSPS) is 21.9. The molecular weight excluding hydrogens is 304 g/mol. The molecule has 4 heteroatoms. The Kier molecular flexibility index (Phi) is 3.23. The fourth-order valence-corrected chi connectivity index (χ4v) is 4.14. The number of ketones is 1. The van der Waals surface area contributed by atoms with Gasteiger partial charge in [0.05, 0.1) is 14.2 Å². The van der Waals surface area contributed by atoms with Crippen molar-refractivity contribution in [2.75, 3.05) is 14.2 Å². The van der Waals surface area contributed by atoms with Crippen molar-refractivity contribution in [2.24, 2.45) is 5.41 Å². The average Bonchev–Trinajstić information content (AvgIpc) is 2.97. The summed E-state index contributed by atoms with van der Waals surface area (Å²) >= 11 is 0. The van der Waals surface area contributed by atoms with Crippen molar-refractivity contribution in [2.45, 2.75) is 19.3 Å². The van der Waals surface area contributed by atoms with Crippen molar-refractivity contribution in [3.8, 4) is 5.75 Å². The van der Waals surface area contributed by atoms with Crippen LogP contribution in [0.4, 0.5) is 0 Å². The van der Waals surface area contributed by atoms with E-state index in [1.54, 1.807) is 13.2 Å².